The summed E-state index contributed by atoms with van der Waals surface area (Å²) in [6.07, 6.45) is 2.03. The number of hydrogen-bond donors (Lipinski definition) is 0. The molecule has 0 unspecified atom stereocenters. The molecule has 0 N–H and O–H groups in total. The molecule has 3 aromatic carbocycles. The van der Waals surface area contributed by atoms with Crippen LogP contribution in [0.3, 0.4) is 0 Å². The first-order valence-electron chi connectivity index (χ1n) is 13.0. The number of nitrogens with zero attached hydrogens (tertiary/aromatic N) is 1. The standard InChI is InChI=1S/C29H28GeNO/c1-19-11-14-25-24-9-7-8-23(20-12-13-21-17-30(2,3)18-22(21)16-20)28(24)32-29(25)27(19)26-10-5-6-15-31(26)4/h5-16H,17-18H2,1-4H3/q+1/i17D2,18D2. The van der Waals surface area contributed by atoms with E-state index in [0.29, 0.717) is 11.1 Å². The normalized spacial score (nSPS) is 19.9. The van der Waals surface area contributed by atoms with Gasteiger partial charge in [0, 0.05) is 6.07 Å². The van der Waals surface area contributed by atoms with E-state index in [9.17, 15) is 0 Å². The van der Waals surface area contributed by atoms with Crippen molar-refractivity contribution < 1.29 is 14.5 Å². The van der Waals surface area contributed by atoms with Gasteiger partial charge in [0.25, 0.3) is 0 Å². The second-order valence-corrected chi connectivity index (χ2v) is 17.1. The Morgan fingerprint density at radius 2 is 1.69 bits per heavy atom. The quantitative estimate of drug-likeness (QED) is 0.197. The first-order chi connectivity index (χ1) is 17.0. The third-order valence-corrected chi connectivity index (χ3v) is 10.2. The fourth-order valence-corrected chi connectivity index (χ4v) is 8.77. The molecule has 3 heterocycles. The molecular formula is C29H28GeNO+. The summed E-state index contributed by atoms with van der Waals surface area (Å²) in [7, 11) is 2.03. The first kappa shape index (κ1) is 15.9. The number of aryl methyl sites for hydroxylation is 2. The molecule has 32 heavy (non-hydrogen) atoms. The fourth-order valence-electron chi connectivity index (χ4n) is 4.92. The molecular weight excluding hydrogens is 451 g/mol. The summed E-state index contributed by atoms with van der Waals surface area (Å²) in [5.41, 5.74) is 7.61. The molecule has 1 aliphatic rings. The van der Waals surface area contributed by atoms with Gasteiger partial charge in [-0.25, -0.2) is 0 Å². The van der Waals surface area contributed by atoms with Crippen LogP contribution in [0, 0.1) is 6.92 Å². The average molecular weight is 483 g/mol. The van der Waals surface area contributed by atoms with Gasteiger partial charge in [0.2, 0.25) is 0 Å². The van der Waals surface area contributed by atoms with E-state index in [1.165, 1.54) is 0 Å². The number of pyridine rings is 1. The van der Waals surface area contributed by atoms with Gasteiger partial charge in [-0.15, -0.1) is 0 Å². The van der Waals surface area contributed by atoms with Gasteiger partial charge in [0.15, 0.2) is 0 Å². The van der Waals surface area contributed by atoms with Gasteiger partial charge in [0.05, 0.1) is 0 Å². The van der Waals surface area contributed by atoms with Gasteiger partial charge in [-0.2, -0.15) is 0 Å². The molecule has 0 bridgehead atoms. The van der Waals surface area contributed by atoms with Crippen LogP contribution in [0.2, 0.25) is 11.5 Å². The van der Waals surface area contributed by atoms with Crippen molar-refractivity contribution >= 4 is 35.2 Å². The van der Waals surface area contributed by atoms with Crippen molar-refractivity contribution in [2.75, 3.05) is 0 Å². The van der Waals surface area contributed by atoms with E-state index in [0.717, 1.165) is 49.9 Å². The number of fused-ring (bicyclic) bond motifs is 4. The van der Waals surface area contributed by atoms with E-state index in [4.69, 9.17) is 9.90 Å². The van der Waals surface area contributed by atoms with E-state index in [1.54, 1.807) is 6.07 Å². The third-order valence-electron chi connectivity index (χ3n) is 6.41. The fraction of sp³-hybridized carbons (Fsp3) is 0.207. The molecule has 2 aromatic heterocycles. The van der Waals surface area contributed by atoms with Gasteiger partial charge < -0.3 is 0 Å². The Bertz CT molecular complexity index is 1700. The van der Waals surface area contributed by atoms with Crippen LogP contribution in [0.5, 0.6) is 0 Å². The van der Waals surface area contributed by atoms with Crippen LogP contribution in [-0.4, -0.2) is 13.3 Å². The molecule has 0 saturated carbocycles. The van der Waals surface area contributed by atoms with Gasteiger partial charge >= 0.3 is 192 Å². The minimum atomic E-state index is -3.52. The molecule has 0 saturated heterocycles. The molecule has 3 heteroatoms. The number of para-hydroxylation sites is 1. The molecule has 158 valence electrons. The zero-order chi connectivity index (χ0) is 25.6. The Kier molecular flexibility index (Phi) is 3.51. The molecule has 0 atom stereocenters. The van der Waals surface area contributed by atoms with Crippen molar-refractivity contribution in [3.63, 3.8) is 0 Å². The van der Waals surface area contributed by atoms with Crippen LogP contribution in [0.15, 0.2) is 77.3 Å². The maximum absolute atomic E-state index is 8.89. The number of benzene rings is 3. The summed E-state index contributed by atoms with van der Waals surface area (Å²) < 4.78 is 44.0. The van der Waals surface area contributed by atoms with Crippen molar-refractivity contribution in [3.05, 3.63) is 89.6 Å². The molecule has 0 radical (unpaired) electrons. The number of furan rings is 1. The maximum atomic E-state index is 8.89. The van der Waals surface area contributed by atoms with Crippen molar-refractivity contribution in [1.29, 1.82) is 0 Å². The predicted molar refractivity (Wildman–Crippen MR) is 135 cm³/mol. The van der Waals surface area contributed by atoms with Crippen LogP contribution >= 0.6 is 0 Å². The summed E-state index contributed by atoms with van der Waals surface area (Å²) in [4.78, 5) is 0. The van der Waals surface area contributed by atoms with Crippen molar-refractivity contribution in [2.45, 2.75) is 28.8 Å². The second kappa shape index (κ2) is 7.08. The Morgan fingerprint density at radius 3 is 2.53 bits per heavy atom. The second-order valence-electron chi connectivity index (χ2n) is 9.25. The molecule has 5 aromatic rings. The molecule has 1 aliphatic heterocycles. The third kappa shape index (κ3) is 3.04. The Morgan fingerprint density at radius 1 is 0.875 bits per heavy atom. The van der Waals surface area contributed by atoms with E-state index in [1.807, 2.05) is 61.2 Å². The van der Waals surface area contributed by atoms with Crippen LogP contribution in [-0.2, 0) is 17.5 Å². The zero-order valence-electron chi connectivity index (χ0n) is 22.8. The van der Waals surface area contributed by atoms with Crippen LogP contribution in [0.1, 0.15) is 22.2 Å². The topological polar surface area (TPSA) is 17.0 Å². The van der Waals surface area contributed by atoms with Gasteiger partial charge in [-0.05, 0) is 0 Å². The zero-order valence-corrected chi connectivity index (χ0v) is 20.9. The number of rotatable bonds is 2. The number of hydrogen-bond acceptors (Lipinski definition) is 1. The van der Waals surface area contributed by atoms with Gasteiger partial charge in [-0.1, -0.05) is 0 Å². The first-order valence-corrected chi connectivity index (χ1v) is 17.3. The average Bonchev–Trinajstić information content (AvgIpc) is 3.26. The van der Waals surface area contributed by atoms with E-state index >= 15 is 0 Å². The van der Waals surface area contributed by atoms with Crippen molar-refractivity contribution in [2.24, 2.45) is 7.05 Å². The van der Waals surface area contributed by atoms with Crippen LogP contribution < -0.4 is 4.57 Å². The predicted octanol–water partition coefficient (Wildman–Crippen LogP) is 6.94. The Hall–Kier alpha value is -2.85. The summed E-state index contributed by atoms with van der Waals surface area (Å²) in [5, 5.41) is -1.15. The van der Waals surface area contributed by atoms with E-state index in [-0.39, 0.29) is 0 Å². The van der Waals surface area contributed by atoms with E-state index in [2.05, 4.69) is 35.8 Å². The van der Waals surface area contributed by atoms with Crippen molar-refractivity contribution in [1.82, 2.24) is 0 Å². The molecule has 0 spiro atoms. The van der Waals surface area contributed by atoms with Crippen LogP contribution in [0.25, 0.3) is 44.3 Å². The van der Waals surface area contributed by atoms with Crippen molar-refractivity contribution in [3.8, 4) is 22.4 Å². The van der Waals surface area contributed by atoms with E-state index < -0.39 is 23.7 Å². The monoisotopic (exact) mass is 484 g/mol. The summed E-state index contributed by atoms with van der Waals surface area (Å²) in [6.45, 7) is 2.10. The Labute approximate surface area is 197 Å². The molecule has 0 amide bonds. The SMILES string of the molecule is [2H][C]1([2H])c2ccc(-c3cccc4c3oc3c(-c5cccc[n+]5C)c(C)ccc34)cc2[C]([2H])([2H])[Ge]1([CH3])[CH3]. The Balaban J connectivity index is 1.62. The summed E-state index contributed by atoms with van der Waals surface area (Å²) in [5.74, 6) is 3.71. The molecule has 6 rings (SSSR count). The van der Waals surface area contributed by atoms with Gasteiger partial charge in [-0.3, -0.25) is 0 Å². The molecule has 0 aliphatic carbocycles. The van der Waals surface area contributed by atoms with Crippen LogP contribution in [0.4, 0.5) is 0 Å². The summed E-state index contributed by atoms with van der Waals surface area (Å²) in [6, 6.07) is 22.0. The number of aromatic nitrogens is 1. The molecule has 0 fully saturated rings. The minimum absolute atomic E-state index is 0.496. The molecule has 2 nitrogen and oxygen atoms in total. The summed E-state index contributed by atoms with van der Waals surface area (Å²) >= 11 is -3.52. The van der Waals surface area contributed by atoms with Gasteiger partial charge in [0.1, 0.15) is 0 Å².